The van der Waals surface area contributed by atoms with Crippen LogP contribution in [0.2, 0.25) is 0 Å². The average molecular weight is 281 g/mol. The first-order chi connectivity index (χ1) is 7.74. The Morgan fingerprint density at radius 3 is 2.50 bits per heavy atom. The number of halogens is 1. The molecule has 3 rings (SSSR count). The summed E-state index contributed by atoms with van der Waals surface area (Å²) in [4.78, 5) is 2.59. The van der Waals surface area contributed by atoms with E-state index in [1.54, 1.807) is 0 Å². The maximum absolute atomic E-state index is 6.09. The van der Waals surface area contributed by atoms with E-state index >= 15 is 0 Å². The van der Waals surface area contributed by atoms with Gasteiger partial charge in [-0.25, -0.2) is 0 Å². The molecular weight excluding hydrogens is 264 g/mol. The number of anilines is 1. The Morgan fingerprint density at radius 1 is 1.19 bits per heavy atom. The van der Waals surface area contributed by atoms with Gasteiger partial charge >= 0.3 is 0 Å². The Bertz CT molecular complexity index is 379. The second kappa shape index (κ2) is 4.04. The fourth-order valence-corrected chi connectivity index (χ4v) is 3.66. The van der Waals surface area contributed by atoms with Crippen molar-refractivity contribution in [1.82, 2.24) is 0 Å². The summed E-state index contributed by atoms with van der Waals surface area (Å²) in [5.74, 6) is 0. The Hall–Kier alpha value is -0.540. The summed E-state index contributed by atoms with van der Waals surface area (Å²) < 4.78 is 1.17. The van der Waals surface area contributed by atoms with Crippen molar-refractivity contribution in [2.24, 2.45) is 5.73 Å². The van der Waals surface area contributed by atoms with Gasteiger partial charge in [-0.3, -0.25) is 0 Å². The number of nitrogens with two attached hydrogens (primary N) is 1. The van der Waals surface area contributed by atoms with Crippen molar-refractivity contribution >= 4 is 21.6 Å². The van der Waals surface area contributed by atoms with E-state index in [1.165, 1.54) is 23.0 Å². The Kier molecular flexibility index (Phi) is 2.68. The molecule has 2 aliphatic heterocycles. The molecule has 3 atom stereocenters. The minimum absolute atomic E-state index is 0.418. The molecule has 0 amide bonds. The van der Waals surface area contributed by atoms with E-state index in [9.17, 15) is 0 Å². The molecule has 0 radical (unpaired) electrons. The van der Waals surface area contributed by atoms with Crippen molar-refractivity contribution in [3.8, 4) is 0 Å². The lowest BCUT2D eigenvalue weighted by Gasteiger charge is -2.39. The smallest absolute Gasteiger partial charge is 0.0382 e. The van der Waals surface area contributed by atoms with Crippen molar-refractivity contribution < 1.29 is 0 Å². The highest BCUT2D eigenvalue weighted by Gasteiger charge is 2.39. The van der Waals surface area contributed by atoms with Gasteiger partial charge in [-0.1, -0.05) is 22.0 Å². The van der Waals surface area contributed by atoms with Gasteiger partial charge < -0.3 is 10.6 Å². The first-order valence-electron chi connectivity index (χ1n) is 6.03. The van der Waals surface area contributed by atoms with Gasteiger partial charge in [-0.15, -0.1) is 0 Å². The molecular formula is C13H17BrN2. The third-order valence-corrected chi connectivity index (χ3v) is 4.37. The molecule has 2 heterocycles. The molecule has 1 aromatic carbocycles. The van der Waals surface area contributed by atoms with Gasteiger partial charge in [-0.2, -0.15) is 0 Å². The van der Waals surface area contributed by atoms with Gasteiger partial charge in [0.15, 0.2) is 0 Å². The fourth-order valence-electron chi connectivity index (χ4n) is 3.28. The van der Waals surface area contributed by atoms with Crippen LogP contribution < -0.4 is 10.6 Å². The molecule has 2 nitrogen and oxygen atoms in total. The van der Waals surface area contributed by atoms with Gasteiger partial charge in [0.1, 0.15) is 0 Å². The average Bonchev–Trinajstić information content (AvgIpc) is 2.51. The summed E-state index contributed by atoms with van der Waals surface area (Å²) in [6.07, 6.45) is 4.93. The zero-order valence-corrected chi connectivity index (χ0v) is 10.9. The van der Waals surface area contributed by atoms with Crippen LogP contribution in [0, 0.1) is 0 Å². The van der Waals surface area contributed by atoms with Crippen LogP contribution in [0.3, 0.4) is 0 Å². The molecule has 3 heteroatoms. The summed E-state index contributed by atoms with van der Waals surface area (Å²) >= 11 is 3.55. The number of nitrogens with zero attached hydrogens (tertiary/aromatic N) is 1. The molecule has 16 heavy (non-hydrogen) atoms. The minimum atomic E-state index is 0.418. The minimum Gasteiger partial charge on any atom is -0.365 e. The zero-order chi connectivity index (χ0) is 11.1. The number of hydrogen-bond donors (Lipinski definition) is 1. The Morgan fingerprint density at radius 2 is 1.88 bits per heavy atom. The van der Waals surface area contributed by atoms with Crippen LogP contribution in [0.5, 0.6) is 0 Å². The van der Waals surface area contributed by atoms with Crippen LogP contribution in [0.1, 0.15) is 25.7 Å². The van der Waals surface area contributed by atoms with Crippen molar-refractivity contribution in [2.45, 2.75) is 43.8 Å². The molecule has 0 aromatic heterocycles. The molecule has 2 fully saturated rings. The van der Waals surface area contributed by atoms with E-state index in [0.29, 0.717) is 18.1 Å². The lowest BCUT2D eigenvalue weighted by Crippen LogP contribution is -2.47. The summed E-state index contributed by atoms with van der Waals surface area (Å²) in [5.41, 5.74) is 7.45. The molecule has 0 spiro atoms. The van der Waals surface area contributed by atoms with E-state index < -0.39 is 0 Å². The van der Waals surface area contributed by atoms with E-state index in [0.717, 1.165) is 12.8 Å². The van der Waals surface area contributed by atoms with Crippen molar-refractivity contribution in [3.05, 3.63) is 28.7 Å². The topological polar surface area (TPSA) is 29.3 Å². The summed E-state index contributed by atoms with van der Waals surface area (Å²) in [6.45, 7) is 0. The monoisotopic (exact) mass is 280 g/mol. The van der Waals surface area contributed by atoms with Crippen molar-refractivity contribution in [1.29, 1.82) is 0 Å². The van der Waals surface area contributed by atoms with E-state index in [4.69, 9.17) is 5.73 Å². The lowest BCUT2D eigenvalue weighted by atomic mass is 9.97. The first-order valence-corrected chi connectivity index (χ1v) is 6.83. The second-order valence-electron chi connectivity index (χ2n) is 5.00. The SMILES string of the molecule is NC1C[C@H]2CC[C@@H](C1)N2c1cccc(Br)c1. The normalized spacial score (nSPS) is 33.1. The van der Waals surface area contributed by atoms with E-state index in [-0.39, 0.29) is 0 Å². The third kappa shape index (κ3) is 1.76. The predicted molar refractivity (Wildman–Crippen MR) is 70.6 cm³/mol. The van der Waals surface area contributed by atoms with Gasteiger partial charge in [0, 0.05) is 28.3 Å². The van der Waals surface area contributed by atoms with Crippen LogP contribution >= 0.6 is 15.9 Å². The second-order valence-corrected chi connectivity index (χ2v) is 5.92. The number of piperidine rings is 1. The number of rotatable bonds is 1. The van der Waals surface area contributed by atoms with Crippen LogP contribution in [-0.4, -0.2) is 18.1 Å². The van der Waals surface area contributed by atoms with Crippen molar-refractivity contribution in [2.75, 3.05) is 4.90 Å². The molecule has 0 aliphatic carbocycles. The molecule has 2 bridgehead atoms. The molecule has 1 unspecified atom stereocenters. The molecule has 2 saturated heterocycles. The molecule has 2 aliphatic rings. The fraction of sp³-hybridized carbons (Fsp3) is 0.538. The van der Waals surface area contributed by atoms with E-state index in [1.807, 2.05) is 0 Å². The highest BCUT2D eigenvalue weighted by atomic mass is 79.9. The predicted octanol–water partition coefficient (Wildman–Crippen LogP) is 2.91. The highest BCUT2D eigenvalue weighted by Crippen LogP contribution is 2.39. The zero-order valence-electron chi connectivity index (χ0n) is 9.27. The van der Waals surface area contributed by atoms with Gasteiger partial charge in [-0.05, 0) is 43.9 Å². The molecule has 86 valence electrons. The van der Waals surface area contributed by atoms with Crippen LogP contribution in [0.4, 0.5) is 5.69 Å². The Balaban J connectivity index is 1.91. The highest BCUT2D eigenvalue weighted by molar-refractivity contribution is 9.10. The maximum atomic E-state index is 6.09. The largest absolute Gasteiger partial charge is 0.365 e. The van der Waals surface area contributed by atoms with Crippen LogP contribution in [0.25, 0.3) is 0 Å². The van der Waals surface area contributed by atoms with Gasteiger partial charge in [0.2, 0.25) is 0 Å². The molecule has 0 saturated carbocycles. The summed E-state index contributed by atoms with van der Waals surface area (Å²) in [5, 5.41) is 0. The lowest BCUT2D eigenvalue weighted by molar-refractivity contribution is 0.414. The molecule has 1 aromatic rings. The summed E-state index contributed by atoms with van der Waals surface area (Å²) in [6, 6.07) is 10.4. The summed E-state index contributed by atoms with van der Waals surface area (Å²) in [7, 11) is 0. The number of hydrogen-bond acceptors (Lipinski definition) is 2. The standard InChI is InChI=1S/C13H17BrN2/c14-9-2-1-3-11(6-9)16-12-4-5-13(16)8-10(15)7-12/h1-3,6,10,12-13H,4-5,7-8,15H2/t10?,12-,13+. The maximum Gasteiger partial charge on any atom is 0.0382 e. The number of benzene rings is 1. The van der Waals surface area contributed by atoms with Crippen LogP contribution in [-0.2, 0) is 0 Å². The first kappa shape index (κ1) is 10.6. The van der Waals surface area contributed by atoms with Crippen LogP contribution in [0.15, 0.2) is 28.7 Å². The Labute approximate surface area is 105 Å². The number of fused-ring (bicyclic) bond motifs is 2. The van der Waals surface area contributed by atoms with Crippen molar-refractivity contribution in [3.63, 3.8) is 0 Å². The third-order valence-electron chi connectivity index (χ3n) is 3.88. The molecule has 2 N–H and O–H groups in total. The van der Waals surface area contributed by atoms with E-state index in [2.05, 4.69) is 45.1 Å². The van der Waals surface area contributed by atoms with Gasteiger partial charge in [0.05, 0.1) is 0 Å². The quantitative estimate of drug-likeness (QED) is 0.857. The van der Waals surface area contributed by atoms with Gasteiger partial charge in [0.25, 0.3) is 0 Å².